The molecule has 0 spiro atoms. The van der Waals surface area contributed by atoms with E-state index in [-0.39, 0.29) is 42.0 Å². The van der Waals surface area contributed by atoms with Gasteiger partial charge in [-0.25, -0.2) is 0 Å². The van der Waals surface area contributed by atoms with Crippen molar-refractivity contribution in [1.29, 1.82) is 0 Å². The van der Waals surface area contributed by atoms with E-state index in [2.05, 4.69) is 21.0 Å². The molecule has 0 aromatic heterocycles. The van der Waals surface area contributed by atoms with Crippen molar-refractivity contribution < 1.29 is 38.0 Å². The Morgan fingerprint density at radius 2 is 1.50 bits per heavy atom. The molecule has 0 aliphatic heterocycles. The standard InChI is InChI=1S/C18H34NO2.HI/c1-15(21-18(20)16-10-6-4-7-11-16)14-19(2,3)17-12-8-5-9-13-17;/h15-17H,4-14H2,1-3H3;1H/q+1;/p-1. The fraction of sp³-hybridized carbons (Fsp3) is 0.944. The van der Waals surface area contributed by atoms with E-state index in [4.69, 9.17) is 4.74 Å². The molecule has 2 fully saturated rings. The minimum atomic E-state index is 0. The molecular formula is C18H34INO2. The van der Waals surface area contributed by atoms with Crippen LogP contribution in [0.15, 0.2) is 0 Å². The quantitative estimate of drug-likeness (QED) is 0.374. The first-order valence-corrected chi connectivity index (χ1v) is 9.02. The SMILES string of the molecule is CC(C[N+](C)(C)C1CCCCC1)OC(=O)C1CCCCC1.[I-]. The van der Waals surface area contributed by atoms with Crippen molar-refractivity contribution in [3.05, 3.63) is 0 Å². The van der Waals surface area contributed by atoms with Crippen molar-refractivity contribution in [3.63, 3.8) is 0 Å². The number of ether oxygens (including phenoxy) is 1. The van der Waals surface area contributed by atoms with Gasteiger partial charge in [0.1, 0.15) is 12.6 Å². The molecule has 2 rings (SSSR count). The average Bonchev–Trinajstić information content (AvgIpc) is 2.48. The summed E-state index contributed by atoms with van der Waals surface area (Å²) < 4.78 is 6.76. The molecule has 0 radical (unpaired) electrons. The lowest BCUT2D eigenvalue weighted by molar-refractivity contribution is -0.918. The number of esters is 1. The van der Waals surface area contributed by atoms with Crippen LogP contribution < -0.4 is 24.0 Å². The summed E-state index contributed by atoms with van der Waals surface area (Å²) in [5, 5.41) is 0. The third kappa shape index (κ3) is 5.99. The predicted octanol–water partition coefficient (Wildman–Crippen LogP) is 0.912. The zero-order valence-corrected chi connectivity index (χ0v) is 16.8. The van der Waals surface area contributed by atoms with Gasteiger partial charge in [0.2, 0.25) is 0 Å². The second kappa shape index (κ2) is 9.45. The number of likely N-dealkylation sites (N-methyl/N-ethyl adjacent to an activating group) is 1. The summed E-state index contributed by atoms with van der Waals surface area (Å²) in [7, 11) is 4.61. The van der Waals surface area contributed by atoms with Gasteiger partial charge in [0.15, 0.2) is 0 Å². The van der Waals surface area contributed by atoms with Crippen LogP contribution in [-0.4, -0.2) is 43.2 Å². The van der Waals surface area contributed by atoms with Crippen LogP contribution >= 0.6 is 0 Å². The molecule has 4 heteroatoms. The average molecular weight is 423 g/mol. The minimum Gasteiger partial charge on any atom is -1.00 e. The Morgan fingerprint density at radius 1 is 1.00 bits per heavy atom. The van der Waals surface area contributed by atoms with Crippen LogP contribution in [0, 0.1) is 5.92 Å². The van der Waals surface area contributed by atoms with Crippen molar-refractivity contribution in [2.75, 3.05) is 20.6 Å². The Kier molecular flexibility index (Phi) is 8.68. The van der Waals surface area contributed by atoms with E-state index in [1.165, 1.54) is 51.4 Å². The number of hydrogen-bond acceptors (Lipinski definition) is 2. The van der Waals surface area contributed by atoms with Gasteiger partial charge in [-0.3, -0.25) is 4.79 Å². The van der Waals surface area contributed by atoms with E-state index in [0.717, 1.165) is 29.9 Å². The molecule has 2 saturated carbocycles. The summed E-state index contributed by atoms with van der Waals surface area (Å²) in [6.45, 7) is 3.02. The van der Waals surface area contributed by atoms with Gasteiger partial charge < -0.3 is 33.2 Å². The van der Waals surface area contributed by atoms with Gasteiger partial charge in [-0.2, -0.15) is 0 Å². The van der Waals surface area contributed by atoms with E-state index < -0.39 is 0 Å². The van der Waals surface area contributed by atoms with Crippen LogP contribution in [0.2, 0.25) is 0 Å². The van der Waals surface area contributed by atoms with Crippen LogP contribution in [-0.2, 0) is 9.53 Å². The Morgan fingerprint density at radius 3 is 2.05 bits per heavy atom. The molecule has 2 aliphatic rings. The number of quaternary nitrogens is 1. The highest BCUT2D eigenvalue weighted by atomic mass is 127. The predicted molar refractivity (Wildman–Crippen MR) is 86.0 cm³/mol. The van der Waals surface area contributed by atoms with Crippen LogP contribution in [0.3, 0.4) is 0 Å². The third-order valence-electron chi connectivity index (χ3n) is 5.55. The number of carbonyl (C=O) groups is 1. The lowest BCUT2D eigenvalue weighted by Crippen LogP contribution is -3.00. The van der Waals surface area contributed by atoms with E-state index in [9.17, 15) is 4.79 Å². The summed E-state index contributed by atoms with van der Waals surface area (Å²) in [4.78, 5) is 12.2. The molecule has 1 unspecified atom stereocenters. The Labute approximate surface area is 153 Å². The largest absolute Gasteiger partial charge is 1.00 e. The first kappa shape index (κ1) is 20.2. The van der Waals surface area contributed by atoms with Gasteiger partial charge >= 0.3 is 5.97 Å². The van der Waals surface area contributed by atoms with Crippen LogP contribution in [0.1, 0.15) is 71.1 Å². The second-order valence-electron chi connectivity index (χ2n) is 7.84. The Hall–Kier alpha value is 0.160. The van der Waals surface area contributed by atoms with Crippen LogP contribution in [0.5, 0.6) is 0 Å². The monoisotopic (exact) mass is 423 g/mol. The molecule has 130 valence electrons. The van der Waals surface area contributed by atoms with Gasteiger partial charge in [0.05, 0.1) is 26.1 Å². The molecule has 3 nitrogen and oxygen atoms in total. The molecule has 0 aromatic rings. The topological polar surface area (TPSA) is 26.3 Å². The molecule has 0 amide bonds. The summed E-state index contributed by atoms with van der Waals surface area (Å²) in [6.07, 6.45) is 12.6. The number of halogens is 1. The van der Waals surface area contributed by atoms with E-state index >= 15 is 0 Å². The highest BCUT2D eigenvalue weighted by Gasteiger charge is 2.33. The van der Waals surface area contributed by atoms with Crippen LogP contribution in [0.4, 0.5) is 0 Å². The summed E-state index contributed by atoms with van der Waals surface area (Å²) >= 11 is 0. The van der Waals surface area contributed by atoms with E-state index in [1.54, 1.807) is 0 Å². The van der Waals surface area contributed by atoms with Crippen molar-refractivity contribution in [2.45, 2.75) is 83.3 Å². The van der Waals surface area contributed by atoms with Gasteiger partial charge in [-0.1, -0.05) is 25.7 Å². The van der Waals surface area contributed by atoms with E-state index in [0.29, 0.717) is 0 Å². The zero-order chi connectivity index (χ0) is 15.3. The second-order valence-corrected chi connectivity index (χ2v) is 7.84. The molecule has 22 heavy (non-hydrogen) atoms. The third-order valence-corrected chi connectivity index (χ3v) is 5.55. The molecule has 0 bridgehead atoms. The Bertz CT molecular complexity index is 334. The number of hydrogen-bond donors (Lipinski definition) is 0. The molecule has 0 aromatic carbocycles. The molecule has 0 saturated heterocycles. The summed E-state index contributed by atoms with van der Waals surface area (Å²) in [5.74, 6) is 0.234. The maximum atomic E-state index is 12.2. The van der Waals surface area contributed by atoms with Gasteiger partial charge in [-0.15, -0.1) is 0 Å². The lowest BCUT2D eigenvalue weighted by atomic mass is 9.89. The fourth-order valence-corrected chi connectivity index (χ4v) is 4.26. The number of nitrogens with zero attached hydrogens (tertiary/aromatic N) is 1. The van der Waals surface area contributed by atoms with Crippen molar-refractivity contribution in [2.24, 2.45) is 5.92 Å². The lowest BCUT2D eigenvalue weighted by Gasteiger charge is -2.41. The molecule has 0 N–H and O–H groups in total. The maximum absolute atomic E-state index is 12.2. The van der Waals surface area contributed by atoms with Crippen molar-refractivity contribution in [3.8, 4) is 0 Å². The van der Waals surface area contributed by atoms with Crippen LogP contribution in [0.25, 0.3) is 0 Å². The normalized spacial score (nSPS) is 22.7. The zero-order valence-electron chi connectivity index (χ0n) is 14.7. The number of rotatable bonds is 5. The fourth-order valence-electron chi connectivity index (χ4n) is 4.26. The highest BCUT2D eigenvalue weighted by Crippen LogP contribution is 2.27. The van der Waals surface area contributed by atoms with Gasteiger partial charge in [0, 0.05) is 0 Å². The molecule has 1 atom stereocenters. The highest BCUT2D eigenvalue weighted by molar-refractivity contribution is 5.72. The summed E-state index contributed by atoms with van der Waals surface area (Å²) in [6, 6.07) is 0.745. The smallest absolute Gasteiger partial charge is 0.309 e. The molecule has 2 aliphatic carbocycles. The number of carbonyl (C=O) groups excluding carboxylic acids is 1. The minimum absolute atomic E-state index is 0. The molecule has 0 heterocycles. The maximum Gasteiger partial charge on any atom is 0.309 e. The van der Waals surface area contributed by atoms with Crippen molar-refractivity contribution >= 4 is 5.97 Å². The van der Waals surface area contributed by atoms with Gasteiger partial charge in [0.25, 0.3) is 0 Å². The molecular weight excluding hydrogens is 389 g/mol. The van der Waals surface area contributed by atoms with Crippen molar-refractivity contribution in [1.82, 2.24) is 0 Å². The Balaban J connectivity index is 0.00000242. The van der Waals surface area contributed by atoms with E-state index in [1.807, 2.05) is 0 Å². The summed E-state index contributed by atoms with van der Waals surface area (Å²) in [5.41, 5.74) is 0. The first-order valence-electron chi connectivity index (χ1n) is 9.02. The van der Waals surface area contributed by atoms with Gasteiger partial charge in [-0.05, 0) is 45.4 Å². The first-order chi connectivity index (χ1) is 9.99.